The average Bonchev–Trinajstić information content (AvgIpc) is 3.04. The van der Waals surface area contributed by atoms with Gasteiger partial charge >= 0.3 is 5.97 Å². The smallest absolute Gasteiger partial charge is 0.338 e. The zero-order valence-corrected chi connectivity index (χ0v) is 10.2. The second kappa shape index (κ2) is 5.06. The van der Waals surface area contributed by atoms with E-state index in [-0.39, 0.29) is 11.9 Å². The Balaban J connectivity index is 2.10. The standard InChI is InChI=1S/C14H15NO3/c1-2-18-14(17)11-6-4-9(12(15)7-11)3-5-10-8-13(10)16/h3-8,10,16H,2,15H2,1H3/p+1. The van der Waals surface area contributed by atoms with Crippen molar-refractivity contribution in [2.75, 3.05) is 6.61 Å². The van der Waals surface area contributed by atoms with Crippen LogP contribution in [-0.4, -0.2) is 17.7 Å². The van der Waals surface area contributed by atoms with Crippen molar-refractivity contribution in [3.63, 3.8) is 0 Å². The van der Waals surface area contributed by atoms with Crippen molar-refractivity contribution in [2.45, 2.75) is 6.92 Å². The van der Waals surface area contributed by atoms with Gasteiger partial charge in [-0.3, -0.25) is 0 Å². The van der Waals surface area contributed by atoms with Gasteiger partial charge in [-0.15, -0.1) is 0 Å². The molecule has 0 heterocycles. The van der Waals surface area contributed by atoms with Crippen molar-refractivity contribution in [3.8, 4) is 0 Å². The van der Waals surface area contributed by atoms with E-state index in [4.69, 9.17) is 9.84 Å². The van der Waals surface area contributed by atoms with Crippen LogP contribution in [0.3, 0.4) is 0 Å². The number of ether oxygens (including phenoxy) is 1. The lowest BCUT2D eigenvalue weighted by atomic mass is 10.1. The highest BCUT2D eigenvalue weighted by Gasteiger charge is 2.20. The molecule has 2 rings (SSSR count). The monoisotopic (exact) mass is 246 g/mol. The number of carbonyl (C=O) groups is 1. The van der Waals surface area contributed by atoms with Crippen LogP contribution in [0.2, 0.25) is 0 Å². The molecule has 1 aliphatic rings. The fourth-order valence-electron chi connectivity index (χ4n) is 1.61. The maximum absolute atomic E-state index is 11.5. The summed E-state index contributed by atoms with van der Waals surface area (Å²) in [6.45, 7) is 2.13. The first-order valence-electron chi connectivity index (χ1n) is 5.84. The molecular weight excluding hydrogens is 230 g/mol. The lowest BCUT2D eigenvalue weighted by molar-refractivity contribution is -0.255. The lowest BCUT2D eigenvalue weighted by Crippen LogP contribution is -2.41. The molecule has 4 N–H and O–H groups in total. The molecule has 1 unspecified atom stereocenters. The minimum Gasteiger partial charge on any atom is -0.512 e. The third-order valence-electron chi connectivity index (χ3n) is 2.72. The van der Waals surface area contributed by atoms with E-state index in [1.54, 1.807) is 25.1 Å². The summed E-state index contributed by atoms with van der Waals surface area (Å²) < 4.78 is 4.92. The van der Waals surface area contributed by atoms with Crippen LogP contribution in [0.15, 0.2) is 36.1 Å². The van der Waals surface area contributed by atoms with Crippen molar-refractivity contribution in [2.24, 2.45) is 5.92 Å². The summed E-state index contributed by atoms with van der Waals surface area (Å²) >= 11 is 0. The quantitative estimate of drug-likeness (QED) is 0.796. The number of rotatable bonds is 4. The highest BCUT2D eigenvalue weighted by Crippen LogP contribution is 2.28. The van der Waals surface area contributed by atoms with Gasteiger partial charge in [-0.05, 0) is 25.1 Å². The molecule has 0 fully saturated rings. The number of quaternary nitrogens is 1. The molecule has 4 nitrogen and oxygen atoms in total. The molecule has 0 amide bonds. The van der Waals surface area contributed by atoms with Crippen LogP contribution in [0, 0.1) is 5.92 Å². The molecule has 94 valence electrons. The number of esters is 1. The van der Waals surface area contributed by atoms with Crippen LogP contribution in [0.4, 0.5) is 5.69 Å². The number of aliphatic hydroxyl groups is 1. The molecular formula is C14H16NO3+. The number of allylic oxidation sites excluding steroid dienone is 2. The van der Waals surface area contributed by atoms with E-state index < -0.39 is 0 Å². The van der Waals surface area contributed by atoms with Gasteiger partial charge in [0.15, 0.2) is 0 Å². The van der Waals surface area contributed by atoms with Gasteiger partial charge in [0.1, 0.15) is 11.4 Å². The third-order valence-corrected chi connectivity index (χ3v) is 2.72. The molecule has 0 aliphatic heterocycles. The molecule has 0 saturated heterocycles. The van der Waals surface area contributed by atoms with Gasteiger partial charge in [0.2, 0.25) is 0 Å². The second-order valence-corrected chi connectivity index (χ2v) is 4.11. The fourth-order valence-corrected chi connectivity index (χ4v) is 1.61. The van der Waals surface area contributed by atoms with Crippen LogP contribution in [-0.2, 0) is 4.74 Å². The van der Waals surface area contributed by atoms with Gasteiger partial charge in [0.25, 0.3) is 0 Å². The Hall–Kier alpha value is -2.07. The van der Waals surface area contributed by atoms with E-state index in [0.29, 0.717) is 17.9 Å². The fraction of sp³-hybridized carbons (Fsp3) is 0.214. The first kappa shape index (κ1) is 12.4. The molecule has 1 atom stereocenters. The van der Waals surface area contributed by atoms with Gasteiger partial charge in [0.05, 0.1) is 18.1 Å². The van der Waals surface area contributed by atoms with Crippen LogP contribution in [0.5, 0.6) is 0 Å². The Morgan fingerprint density at radius 1 is 1.56 bits per heavy atom. The van der Waals surface area contributed by atoms with E-state index >= 15 is 0 Å². The first-order valence-corrected chi connectivity index (χ1v) is 5.84. The third kappa shape index (κ3) is 2.78. The molecule has 0 aromatic heterocycles. The highest BCUT2D eigenvalue weighted by atomic mass is 16.5. The highest BCUT2D eigenvalue weighted by molar-refractivity contribution is 5.90. The number of hydrogen-bond donors (Lipinski definition) is 2. The Kier molecular flexibility index (Phi) is 3.48. The molecule has 0 spiro atoms. The molecule has 1 aromatic rings. The van der Waals surface area contributed by atoms with Crippen molar-refractivity contribution < 1.29 is 20.4 Å². The molecule has 0 radical (unpaired) electrons. The minimum atomic E-state index is -0.334. The average molecular weight is 246 g/mol. The zero-order valence-electron chi connectivity index (χ0n) is 10.2. The van der Waals surface area contributed by atoms with Gasteiger partial charge in [-0.1, -0.05) is 12.2 Å². The van der Waals surface area contributed by atoms with E-state index in [9.17, 15) is 4.79 Å². The Labute approximate surface area is 105 Å². The van der Waals surface area contributed by atoms with Gasteiger partial charge < -0.3 is 15.6 Å². The van der Waals surface area contributed by atoms with Crippen molar-refractivity contribution >= 4 is 17.7 Å². The first-order chi connectivity index (χ1) is 8.61. The van der Waals surface area contributed by atoms with E-state index in [0.717, 1.165) is 11.3 Å². The van der Waals surface area contributed by atoms with Gasteiger partial charge in [0, 0.05) is 11.6 Å². The van der Waals surface area contributed by atoms with E-state index in [1.165, 1.54) is 0 Å². The molecule has 0 saturated carbocycles. The number of benzene rings is 1. The normalized spacial score (nSPS) is 17.7. The Morgan fingerprint density at radius 3 is 2.83 bits per heavy atom. The minimum absolute atomic E-state index is 0.0640. The topological polar surface area (TPSA) is 74.2 Å². The zero-order chi connectivity index (χ0) is 13.1. The predicted octanol–water partition coefficient (Wildman–Crippen LogP) is 1.82. The van der Waals surface area contributed by atoms with Crippen LogP contribution >= 0.6 is 0 Å². The summed E-state index contributed by atoms with van der Waals surface area (Å²) in [6.07, 6.45) is 5.54. The predicted molar refractivity (Wildman–Crippen MR) is 68.2 cm³/mol. The SMILES string of the molecule is CCOC(=O)c1ccc(C=CC2C=C2O)c([NH3+])c1. The molecule has 0 bridgehead atoms. The summed E-state index contributed by atoms with van der Waals surface area (Å²) in [5.41, 5.74) is 6.10. The largest absolute Gasteiger partial charge is 0.512 e. The van der Waals surface area contributed by atoms with Crippen molar-refractivity contribution in [1.82, 2.24) is 0 Å². The summed E-state index contributed by atoms with van der Waals surface area (Å²) in [5, 5.41) is 9.08. The maximum atomic E-state index is 11.5. The van der Waals surface area contributed by atoms with Crippen LogP contribution in [0.25, 0.3) is 6.08 Å². The van der Waals surface area contributed by atoms with E-state index in [1.807, 2.05) is 18.2 Å². The van der Waals surface area contributed by atoms with Crippen molar-refractivity contribution in [1.29, 1.82) is 0 Å². The van der Waals surface area contributed by atoms with Crippen LogP contribution < -0.4 is 5.73 Å². The van der Waals surface area contributed by atoms with E-state index in [2.05, 4.69) is 5.73 Å². The summed E-state index contributed by atoms with van der Waals surface area (Å²) in [7, 11) is 0. The van der Waals surface area contributed by atoms with Gasteiger partial charge in [-0.25, -0.2) is 4.79 Å². The number of hydrogen-bond acceptors (Lipinski definition) is 3. The molecule has 4 heteroatoms. The maximum Gasteiger partial charge on any atom is 0.338 e. The van der Waals surface area contributed by atoms with Gasteiger partial charge in [-0.2, -0.15) is 0 Å². The second-order valence-electron chi connectivity index (χ2n) is 4.11. The number of aliphatic hydroxyl groups excluding tert-OH is 1. The summed E-state index contributed by atoms with van der Waals surface area (Å²) in [4.78, 5) is 11.5. The van der Waals surface area contributed by atoms with Crippen molar-refractivity contribution in [3.05, 3.63) is 47.2 Å². The Morgan fingerprint density at radius 2 is 2.28 bits per heavy atom. The molecule has 1 aromatic carbocycles. The lowest BCUT2D eigenvalue weighted by Gasteiger charge is -2.03. The van der Waals surface area contributed by atoms with Crippen LogP contribution in [0.1, 0.15) is 22.8 Å². The molecule has 18 heavy (non-hydrogen) atoms. The summed E-state index contributed by atoms with van der Waals surface area (Å²) in [6, 6.07) is 5.24. The Bertz CT molecular complexity index is 532. The summed E-state index contributed by atoms with van der Waals surface area (Å²) in [5.74, 6) is 0.133. The molecule has 1 aliphatic carbocycles. The number of carbonyl (C=O) groups excluding carboxylic acids is 1.